The molecule has 26 heteroatoms. The number of hydrogen-bond donors (Lipinski definition) is 15. The van der Waals surface area contributed by atoms with Gasteiger partial charge in [-0.25, -0.2) is 4.79 Å². The predicted molar refractivity (Wildman–Crippen MR) is 279 cm³/mol. The normalized spacial score (nSPS) is 21.1. The standard InChI is InChI=1S/C49H72N16O10/c1-28(66)59-33(18-10-22-56-48(51)52)41(68)65-39-26-40(67)55-21-8-7-16-36(47(74)75)62-45(72)38(25-30-27-58-32-15-6-5-14-31(30)32)64-43(70)35(19-11-23-57-49(53)54)61-44(71)37(24-29-12-3-2-4-13-29)63-42(69)34(17-9-20-50)60-46(39)73/h2-6,12-15,27,33-39,58H,7-11,16-26,50H2,1H3,(H,55,67)(H,59,66)(H,60,73)(H,61,71)(H,62,72)(H,63,69)(H,64,70)(H,65,68)(H,74,75)(H4,51,52,56)(H4,53,54,57)/t33-,34?,35-,36-,37+,38-,39-/m0/s1. The number of H-pyrrole nitrogens is 1. The molecule has 408 valence electrons. The number of para-hydroxylation sites is 1. The van der Waals surface area contributed by atoms with Gasteiger partial charge in [0.15, 0.2) is 11.9 Å². The third-order valence-corrected chi connectivity index (χ3v) is 12.1. The van der Waals surface area contributed by atoms with Crippen molar-refractivity contribution >= 4 is 76.0 Å². The van der Waals surface area contributed by atoms with Crippen LogP contribution in [0.25, 0.3) is 10.9 Å². The fraction of sp³-hybridized carbons (Fsp3) is 0.490. The smallest absolute Gasteiger partial charge is 0.326 e. The second kappa shape index (κ2) is 30.7. The molecule has 0 spiro atoms. The minimum atomic E-state index is -1.63. The van der Waals surface area contributed by atoms with Gasteiger partial charge in [-0.2, -0.15) is 0 Å². The Labute approximate surface area is 433 Å². The van der Waals surface area contributed by atoms with Gasteiger partial charge in [0.05, 0.1) is 6.42 Å². The third-order valence-electron chi connectivity index (χ3n) is 12.1. The molecule has 4 rings (SSSR count). The topological polar surface area (TPSA) is 441 Å². The van der Waals surface area contributed by atoms with Crippen LogP contribution in [0.3, 0.4) is 0 Å². The van der Waals surface area contributed by atoms with Crippen molar-refractivity contribution in [3.63, 3.8) is 0 Å². The molecule has 1 aromatic heterocycles. The number of amides is 8. The molecule has 1 fully saturated rings. The summed E-state index contributed by atoms with van der Waals surface area (Å²) in [6.45, 7) is 1.41. The fourth-order valence-corrected chi connectivity index (χ4v) is 8.23. The summed E-state index contributed by atoms with van der Waals surface area (Å²) >= 11 is 0. The molecule has 0 aliphatic carbocycles. The van der Waals surface area contributed by atoms with Gasteiger partial charge in [-0.3, -0.25) is 48.3 Å². The Kier molecular flexibility index (Phi) is 24.2. The first-order valence-electron chi connectivity index (χ1n) is 24.8. The number of aromatic amines is 1. The van der Waals surface area contributed by atoms with Crippen LogP contribution < -0.4 is 71.2 Å². The molecule has 3 aromatic rings. The number of aliphatic carboxylic acids is 1. The molecule has 75 heavy (non-hydrogen) atoms. The quantitative estimate of drug-likeness (QED) is 0.0323. The lowest BCUT2D eigenvalue weighted by Gasteiger charge is -2.28. The van der Waals surface area contributed by atoms with Crippen molar-refractivity contribution in [3.8, 4) is 0 Å². The number of aliphatic imine (C=N–C) groups is 2. The minimum Gasteiger partial charge on any atom is -0.480 e. The summed E-state index contributed by atoms with van der Waals surface area (Å²) in [4.78, 5) is 135. The lowest BCUT2D eigenvalue weighted by atomic mass is 10.0. The molecule has 1 unspecified atom stereocenters. The Morgan fingerprint density at radius 1 is 0.707 bits per heavy atom. The highest BCUT2D eigenvalue weighted by atomic mass is 16.4. The highest BCUT2D eigenvalue weighted by molar-refractivity contribution is 5.99. The van der Waals surface area contributed by atoms with E-state index in [9.17, 15) is 48.3 Å². The average Bonchev–Trinajstić information content (AvgIpc) is 3.77. The first-order chi connectivity index (χ1) is 35.8. The summed E-state index contributed by atoms with van der Waals surface area (Å²) in [6.07, 6.45) is 1.53. The molecule has 1 aliphatic rings. The lowest BCUT2D eigenvalue weighted by Crippen LogP contribution is -2.60. The van der Waals surface area contributed by atoms with E-state index in [1.165, 1.54) is 6.92 Å². The number of carboxylic acids is 1. The van der Waals surface area contributed by atoms with E-state index in [4.69, 9.17) is 28.7 Å². The highest BCUT2D eigenvalue weighted by Crippen LogP contribution is 2.20. The summed E-state index contributed by atoms with van der Waals surface area (Å²) in [7, 11) is 0. The SMILES string of the molecule is CC(=O)N[C@@H](CCCN=C(N)N)C(=O)N[C@H]1CC(=O)NCCCC[C@@H](C(=O)O)NC(=O)[C@H](Cc2c[nH]c3ccccc23)NC(=O)[C@H](CCCN=C(N)N)NC(=O)[C@@H](Cc2ccccc2)NC(=O)C(CCCN)NC1=O. The van der Waals surface area contributed by atoms with E-state index in [1.54, 1.807) is 42.6 Å². The van der Waals surface area contributed by atoms with Crippen LogP contribution in [-0.2, 0) is 56.0 Å². The number of fused-ring (bicyclic) bond motifs is 1. The van der Waals surface area contributed by atoms with Gasteiger partial charge in [-0.15, -0.1) is 0 Å². The summed E-state index contributed by atoms with van der Waals surface area (Å²) in [5.41, 5.74) is 29.8. The molecule has 1 aliphatic heterocycles. The summed E-state index contributed by atoms with van der Waals surface area (Å²) in [5, 5.41) is 32.1. The first-order valence-corrected chi connectivity index (χ1v) is 24.8. The van der Waals surface area contributed by atoms with Crippen LogP contribution in [0, 0.1) is 0 Å². The zero-order valence-electron chi connectivity index (χ0n) is 42.0. The molecule has 0 radical (unpaired) electrons. The zero-order chi connectivity index (χ0) is 54.9. The van der Waals surface area contributed by atoms with E-state index in [-0.39, 0.29) is 109 Å². The number of hydrogen-bond acceptors (Lipinski definition) is 12. The number of rotatable bonds is 19. The van der Waals surface area contributed by atoms with Crippen LogP contribution in [0.4, 0.5) is 0 Å². The monoisotopic (exact) mass is 1040 g/mol. The van der Waals surface area contributed by atoms with Gasteiger partial charge in [0.25, 0.3) is 0 Å². The fourth-order valence-electron chi connectivity index (χ4n) is 8.23. The van der Waals surface area contributed by atoms with Crippen molar-refractivity contribution in [3.05, 3.63) is 71.9 Å². The lowest BCUT2D eigenvalue weighted by molar-refractivity contribution is -0.142. The molecular weight excluding hydrogens is 973 g/mol. The van der Waals surface area contributed by atoms with Crippen LogP contribution in [0.2, 0.25) is 0 Å². The van der Waals surface area contributed by atoms with Gasteiger partial charge in [0.2, 0.25) is 47.3 Å². The van der Waals surface area contributed by atoms with Crippen molar-refractivity contribution in [2.75, 3.05) is 26.2 Å². The molecule has 0 bridgehead atoms. The zero-order valence-corrected chi connectivity index (χ0v) is 42.0. The van der Waals surface area contributed by atoms with Crippen molar-refractivity contribution in [2.24, 2.45) is 38.7 Å². The van der Waals surface area contributed by atoms with Crippen LogP contribution in [-0.4, -0.2) is 144 Å². The molecule has 2 heterocycles. The number of carbonyl (C=O) groups excluding carboxylic acids is 8. The molecule has 26 nitrogen and oxygen atoms in total. The van der Waals surface area contributed by atoms with Crippen molar-refractivity contribution in [2.45, 2.75) is 126 Å². The molecule has 0 saturated carbocycles. The van der Waals surface area contributed by atoms with E-state index in [1.807, 2.05) is 18.2 Å². The second-order valence-electron chi connectivity index (χ2n) is 18.1. The molecule has 7 atom stereocenters. The van der Waals surface area contributed by atoms with Crippen molar-refractivity contribution in [1.29, 1.82) is 0 Å². The number of carboxylic acid groups (broad SMARTS) is 1. The van der Waals surface area contributed by atoms with E-state index < -0.39 is 102 Å². The van der Waals surface area contributed by atoms with Gasteiger partial charge < -0.3 is 81.3 Å². The highest BCUT2D eigenvalue weighted by Gasteiger charge is 2.35. The van der Waals surface area contributed by atoms with Gasteiger partial charge >= 0.3 is 5.97 Å². The number of benzene rings is 2. The van der Waals surface area contributed by atoms with Gasteiger partial charge in [0.1, 0.15) is 42.3 Å². The number of nitrogens with zero attached hydrogens (tertiary/aromatic N) is 2. The van der Waals surface area contributed by atoms with Gasteiger partial charge in [-0.05, 0) is 81.5 Å². The van der Waals surface area contributed by atoms with Crippen LogP contribution in [0.1, 0.15) is 82.3 Å². The van der Waals surface area contributed by atoms with Crippen molar-refractivity contribution in [1.82, 2.24) is 47.5 Å². The van der Waals surface area contributed by atoms with Crippen LogP contribution in [0.15, 0.2) is 70.8 Å². The molecule has 2 aromatic carbocycles. The molecule has 8 amide bonds. The maximum Gasteiger partial charge on any atom is 0.326 e. The molecule has 1 saturated heterocycles. The number of guanidine groups is 2. The van der Waals surface area contributed by atoms with E-state index in [0.29, 0.717) is 11.1 Å². The second-order valence-corrected chi connectivity index (χ2v) is 18.1. The predicted octanol–water partition coefficient (Wildman–Crippen LogP) is -3.01. The van der Waals surface area contributed by atoms with E-state index in [2.05, 4.69) is 57.5 Å². The maximum atomic E-state index is 14.6. The van der Waals surface area contributed by atoms with E-state index >= 15 is 0 Å². The molecular formula is C49H72N16O10. The molecule has 20 N–H and O–H groups in total. The summed E-state index contributed by atoms with van der Waals surface area (Å²) in [6, 6.07) is 6.01. The number of nitrogens with one attached hydrogen (secondary N) is 9. The van der Waals surface area contributed by atoms with Crippen LogP contribution >= 0.6 is 0 Å². The van der Waals surface area contributed by atoms with Gasteiger partial charge in [-0.1, -0.05) is 48.5 Å². The Morgan fingerprint density at radius 2 is 1.28 bits per heavy atom. The maximum absolute atomic E-state index is 14.6. The van der Waals surface area contributed by atoms with Crippen LogP contribution in [0.5, 0.6) is 0 Å². The third kappa shape index (κ3) is 20.6. The van der Waals surface area contributed by atoms with Crippen molar-refractivity contribution < 1.29 is 48.3 Å². The Balaban J connectivity index is 1.77. The van der Waals surface area contributed by atoms with E-state index in [0.717, 1.165) is 10.9 Å². The minimum absolute atomic E-state index is 0.0180. The summed E-state index contributed by atoms with van der Waals surface area (Å²) in [5.74, 6) is -8.22. The Bertz CT molecular complexity index is 2490. The Morgan fingerprint density at radius 3 is 1.92 bits per heavy atom. The Hall–Kier alpha value is -8.29. The number of carbonyl (C=O) groups is 9. The number of aromatic nitrogens is 1. The van der Waals surface area contributed by atoms with Gasteiger partial charge in [0, 0.05) is 56.5 Å². The first kappa shape index (κ1) is 59.3. The largest absolute Gasteiger partial charge is 0.480 e. The average molecular weight is 1050 g/mol. The number of nitrogens with two attached hydrogens (primary N) is 5. The summed E-state index contributed by atoms with van der Waals surface area (Å²) < 4.78 is 0.